The molecule has 10 nitrogen and oxygen atoms in total. The van der Waals surface area contributed by atoms with E-state index in [0.717, 1.165) is 0 Å². The number of ether oxygens (including phenoxy) is 1. The van der Waals surface area contributed by atoms with E-state index in [-0.39, 0.29) is 23.8 Å². The monoisotopic (exact) mass is 475 g/mol. The lowest BCUT2D eigenvalue weighted by atomic mass is 9.91. The molecule has 0 bridgehead atoms. The summed E-state index contributed by atoms with van der Waals surface area (Å²) in [4.78, 5) is 31.7. The Morgan fingerprint density at radius 3 is 2.34 bits per heavy atom. The number of aryl methyl sites for hydroxylation is 1. The Labute approximate surface area is 200 Å². The first-order valence-electron chi connectivity index (χ1n) is 11.3. The summed E-state index contributed by atoms with van der Waals surface area (Å²) in [5, 5.41) is 25.0. The zero-order valence-electron chi connectivity index (χ0n) is 19.2. The van der Waals surface area contributed by atoms with Gasteiger partial charge in [-0.1, -0.05) is 0 Å². The molecule has 1 saturated heterocycles. The first kappa shape index (κ1) is 22.6. The number of carbonyl (C=O) groups is 1. The summed E-state index contributed by atoms with van der Waals surface area (Å²) in [6, 6.07) is 13.2. The molecule has 2 aromatic heterocycles. The van der Waals surface area contributed by atoms with E-state index in [0.29, 0.717) is 54.0 Å². The van der Waals surface area contributed by atoms with Crippen LogP contribution in [0.3, 0.4) is 0 Å². The highest BCUT2D eigenvalue weighted by Gasteiger charge is 2.35. The molecule has 180 valence electrons. The number of nitrogens with zero attached hydrogens (tertiary/aromatic N) is 5. The molecular formula is C25H25N5O5. The Morgan fingerprint density at radius 2 is 1.69 bits per heavy atom. The van der Waals surface area contributed by atoms with Gasteiger partial charge in [-0.25, -0.2) is 4.98 Å². The molecule has 1 amide bonds. The van der Waals surface area contributed by atoms with Gasteiger partial charge in [-0.2, -0.15) is 5.10 Å². The van der Waals surface area contributed by atoms with E-state index >= 15 is 0 Å². The Balaban J connectivity index is 1.21. The molecular weight excluding hydrogens is 450 g/mol. The number of likely N-dealkylation sites (tertiary alicyclic amines) is 1. The molecule has 0 radical (unpaired) electrons. The standard InChI is InChI=1S/C25H25N5O5/c1-28-22-21(14-27-28)24(33)30(16-26-22)15-25(34)10-12-29(13-11-25)23(32)17-2-6-19(7-3-17)35-20-8-4-18(31)5-9-20/h2-9,14,16,31,34H,10-13,15H2,1H3. The maximum absolute atomic E-state index is 13.0. The summed E-state index contributed by atoms with van der Waals surface area (Å²) >= 11 is 0. The van der Waals surface area contributed by atoms with E-state index in [1.54, 1.807) is 48.3 Å². The third-order valence-corrected chi connectivity index (χ3v) is 6.34. The second-order valence-corrected chi connectivity index (χ2v) is 8.82. The van der Waals surface area contributed by atoms with Crippen LogP contribution in [0.15, 0.2) is 65.8 Å². The van der Waals surface area contributed by atoms with Crippen LogP contribution >= 0.6 is 0 Å². The number of fused-ring (bicyclic) bond motifs is 1. The molecule has 2 aromatic carbocycles. The Bertz CT molecular complexity index is 1420. The van der Waals surface area contributed by atoms with Crippen molar-refractivity contribution in [2.24, 2.45) is 7.05 Å². The maximum Gasteiger partial charge on any atom is 0.264 e. The Morgan fingerprint density at radius 1 is 1.06 bits per heavy atom. The summed E-state index contributed by atoms with van der Waals surface area (Å²) in [5.74, 6) is 1.18. The number of phenols is 1. The van der Waals surface area contributed by atoms with Crippen molar-refractivity contribution in [2.75, 3.05) is 13.1 Å². The first-order valence-corrected chi connectivity index (χ1v) is 11.3. The van der Waals surface area contributed by atoms with Gasteiger partial charge in [0.2, 0.25) is 0 Å². The smallest absolute Gasteiger partial charge is 0.264 e. The van der Waals surface area contributed by atoms with Crippen LogP contribution in [0.5, 0.6) is 17.2 Å². The number of piperidine rings is 1. The highest BCUT2D eigenvalue weighted by atomic mass is 16.5. The molecule has 4 aromatic rings. The van der Waals surface area contributed by atoms with E-state index in [2.05, 4.69) is 10.1 Å². The molecule has 0 aliphatic carbocycles. The Kier molecular flexibility index (Phi) is 5.73. The van der Waals surface area contributed by atoms with Crippen LogP contribution in [-0.2, 0) is 13.6 Å². The quantitative estimate of drug-likeness (QED) is 0.454. The van der Waals surface area contributed by atoms with Gasteiger partial charge in [0.05, 0.1) is 18.3 Å². The minimum absolute atomic E-state index is 0.106. The fourth-order valence-electron chi connectivity index (χ4n) is 4.28. The van der Waals surface area contributed by atoms with Crippen molar-refractivity contribution in [3.63, 3.8) is 0 Å². The van der Waals surface area contributed by atoms with Crippen molar-refractivity contribution in [3.8, 4) is 17.2 Å². The lowest BCUT2D eigenvalue weighted by molar-refractivity contribution is -0.0299. The van der Waals surface area contributed by atoms with Gasteiger partial charge in [0.1, 0.15) is 29.0 Å². The van der Waals surface area contributed by atoms with E-state index < -0.39 is 5.60 Å². The van der Waals surface area contributed by atoms with Crippen molar-refractivity contribution in [1.82, 2.24) is 24.2 Å². The Hall–Kier alpha value is -4.18. The summed E-state index contributed by atoms with van der Waals surface area (Å²) in [5.41, 5.74) is -0.335. The van der Waals surface area contributed by atoms with Crippen molar-refractivity contribution >= 4 is 16.9 Å². The van der Waals surface area contributed by atoms with E-state index in [4.69, 9.17) is 4.74 Å². The van der Waals surface area contributed by atoms with Gasteiger partial charge in [-0.05, 0) is 61.4 Å². The van der Waals surface area contributed by atoms with Gasteiger partial charge < -0.3 is 19.8 Å². The minimum atomic E-state index is -1.11. The van der Waals surface area contributed by atoms with Gasteiger partial charge >= 0.3 is 0 Å². The third kappa shape index (κ3) is 4.60. The topological polar surface area (TPSA) is 123 Å². The zero-order valence-corrected chi connectivity index (χ0v) is 19.2. The van der Waals surface area contributed by atoms with E-state index in [1.807, 2.05) is 0 Å². The van der Waals surface area contributed by atoms with E-state index in [1.165, 1.54) is 33.9 Å². The number of aromatic nitrogens is 4. The molecule has 1 aliphatic heterocycles. The molecule has 35 heavy (non-hydrogen) atoms. The summed E-state index contributed by atoms with van der Waals surface area (Å²) in [6.45, 7) is 0.853. The van der Waals surface area contributed by atoms with Gasteiger partial charge in [0, 0.05) is 25.7 Å². The van der Waals surface area contributed by atoms with Gasteiger partial charge in [-0.15, -0.1) is 0 Å². The molecule has 0 spiro atoms. The predicted molar refractivity (Wildman–Crippen MR) is 127 cm³/mol. The number of hydrogen-bond donors (Lipinski definition) is 2. The lowest BCUT2D eigenvalue weighted by Crippen LogP contribution is -2.49. The van der Waals surface area contributed by atoms with Crippen molar-refractivity contribution in [2.45, 2.75) is 25.0 Å². The van der Waals surface area contributed by atoms with Crippen molar-refractivity contribution < 1.29 is 19.7 Å². The molecule has 10 heteroatoms. The zero-order chi connectivity index (χ0) is 24.6. The molecule has 1 aliphatic rings. The second kappa shape index (κ2) is 8.88. The average Bonchev–Trinajstić information content (AvgIpc) is 3.24. The number of rotatable bonds is 5. The predicted octanol–water partition coefficient (Wildman–Crippen LogP) is 2.30. The van der Waals surface area contributed by atoms with Crippen molar-refractivity contribution in [3.05, 3.63) is 77.0 Å². The van der Waals surface area contributed by atoms with Crippen LogP contribution in [0.2, 0.25) is 0 Å². The van der Waals surface area contributed by atoms with Crippen LogP contribution in [0, 0.1) is 0 Å². The number of benzene rings is 2. The maximum atomic E-state index is 13.0. The number of hydrogen-bond acceptors (Lipinski definition) is 7. The molecule has 0 atom stereocenters. The number of aromatic hydroxyl groups is 1. The van der Waals surface area contributed by atoms with E-state index in [9.17, 15) is 19.8 Å². The van der Waals surface area contributed by atoms with Crippen LogP contribution in [0.25, 0.3) is 11.0 Å². The van der Waals surface area contributed by atoms with Crippen LogP contribution in [-0.4, -0.2) is 59.0 Å². The first-order chi connectivity index (χ1) is 16.8. The highest BCUT2D eigenvalue weighted by molar-refractivity contribution is 5.94. The van der Waals surface area contributed by atoms with Crippen LogP contribution in [0.4, 0.5) is 0 Å². The fourth-order valence-corrected chi connectivity index (χ4v) is 4.28. The molecule has 1 fully saturated rings. The summed E-state index contributed by atoms with van der Waals surface area (Å²) in [7, 11) is 1.72. The highest BCUT2D eigenvalue weighted by Crippen LogP contribution is 2.27. The molecule has 0 saturated carbocycles. The minimum Gasteiger partial charge on any atom is -0.508 e. The number of amides is 1. The number of aliphatic hydroxyl groups is 1. The lowest BCUT2D eigenvalue weighted by Gasteiger charge is -2.38. The largest absolute Gasteiger partial charge is 0.508 e. The van der Waals surface area contributed by atoms with Gasteiger partial charge in [0.25, 0.3) is 11.5 Å². The normalized spacial score (nSPS) is 15.3. The SMILES string of the molecule is Cn1ncc2c(=O)n(CC3(O)CCN(C(=O)c4ccc(Oc5ccc(O)cc5)cc4)CC3)cnc21. The number of carbonyl (C=O) groups excluding carboxylic acids is 1. The molecule has 3 heterocycles. The molecule has 5 rings (SSSR count). The second-order valence-electron chi connectivity index (χ2n) is 8.82. The van der Waals surface area contributed by atoms with Crippen LogP contribution < -0.4 is 10.3 Å². The average molecular weight is 476 g/mol. The van der Waals surface area contributed by atoms with Crippen molar-refractivity contribution in [1.29, 1.82) is 0 Å². The fraction of sp³-hybridized carbons (Fsp3) is 0.280. The summed E-state index contributed by atoms with van der Waals surface area (Å²) in [6.07, 6.45) is 3.60. The molecule has 2 N–H and O–H groups in total. The van der Waals surface area contributed by atoms with Crippen LogP contribution in [0.1, 0.15) is 23.2 Å². The van der Waals surface area contributed by atoms with Gasteiger partial charge in [0.15, 0.2) is 5.65 Å². The number of phenolic OH excluding ortho intramolecular Hbond substituents is 1. The van der Waals surface area contributed by atoms with Gasteiger partial charge in [-0.3, -0.25) is 18.8 Å². The summed E-state index contributed by atoms with van der Waals surface area (Å²) < 4.78 is 8.67. The molecule has 0 unspecified atom stereocenters. The third-order valence-electron chi connectivity index (χ3n) is 6.34.